The van der Waals surface area contributed by atoms with E-state index in [1.807, 2.05) is 12.1 Å². The summed E-state index contributed by atoms with van der Waals surface area (Å²) in [6.07, 6.45) is 1.66. The van der Waals surface area contributed by atoms with Crippen molar-refractivity contribution in [1.29, 1.82) is 0 Å². The molecular weight excluding hydrogens is 366 g/mol. The third-order valence-electron chi connectivity index (χ3n) is 4.26. The number of benzene rings is 2. The Morgan fingerprint density at radius 1 is 1.11 bits per heavy atom. The van der Waals surface area contributed by atoms with E-state index in [4.69, 9.17) is 21.1 Å². The molecule has 0 saturated carbocycles. The first-order valence-corrected chi connectivity index (χ1v) is 8.59. The quantitative estimate of drug-likeness (QED) is 0.585. The predicted molar refractivity (Wildman–Crippen MR) is 105 cm³/mol. The lowest BCUT2D eigenvalue weighted by Gasteiger charge is -2.18. The highest BCUT2D eigenvalue weighted by Gasteiger charge is 2.37. The lowest BCUT2D eigenvalue weighted by atomic mass is 10.0. The van der Waals surface area contributed by atoms with Crippen molar-refractivity contribution in [3.63, 3.8) is 0 Å². The van der Waals surface area contributed by atoms with Crippen LogP contribution in [0.4, 0.5) is 5.69 Å². The lowest BCUT2D eigenvalue weighted by Crippen LogP contribution is -2.24. The minimum absolute atomic E-state index is 0.227. The van der Waals surface area contributed by atoms with Crippen LogP contribution in [0, 0.1) is 0 Å². The Kier molecular flexibility index (Phi) is 5.33. The fraction of sp³-hybridized carbons (Fsp3) is 0.143. The van der Waals surface area contributed by atoms with E-state index in [9.17, 15) is 9.59 Å². The maximum atomic E-state index is 13.2. The maximum Gasteiger partial charge on any atom is 0.340 e. The molecule has 6 heteroatoms. The number of nitrogens with zero attached hydrogens (tertiary/aromatic N) is 1. The van der Waals surface area contributed by atoms with Crippen LogP contribution >= 0.6 is 11.6 Å². The molecule has 1 aliphatic rings. The monoisotopic (exact) mass is 383 g/mol. The summed E-state index contributed by atoms with van der Waals surface area (Å²) in [5.41, 5.74) is 2.29. The standard InChI is InChI=1S/C21H18ClNO4/c1-13-19(21(25)27-3)18(11-14-6-4-9-17(10-14)26-2)20(24)23(13)16-8-5-7-15(22)12-16/h4-12H,1-3H3/b18-11-. The van der Waals surface area contributed by atoms with Crippen molar-refractivity contribution in [1.82, 2.24) is 0 Å². The number of ether oxygens (including phenoxy) is 2. The van der Waals surface area contributed by atoms with Gasteiger partial charge in [0.25, 0.3) is 5.91 Å². The maximum absolute atomic E-state index is 13.2. The SMILES string of the molecule is COC(=O)C1=C(C)N(c2cccc(Cl)c2)C(=O)/C1=C\c1cccc(OC)c1. The number of hydrogen-bond acceptors (Lipinski definition) is 4. The average molecular weight is 384 g/mol. The van der Waals surface area contributed by atoms with E-state index in [0.29, 0.717) is 22.2 Å². The van der Waals surface area contributed by atoms with Gasteiger partial charge < -0.3 is 9.47 Å². The molecule has 0 spiro atoms. The Morgan fingerprint density at radius 2 is 1.85 bits per heavy atom. The normalized spacial score (nSPS) is 15.5. The van der Waals surface area contributed by atoms with E-state index in [0.717, 1.165) is 5.56 Å². The van der Waals surface area contributed by atoms with Crippen molar-refractivity contribution in [2.24, 2.45) is 0 Å². The molecule has 0 atom stereocenters. The number of rotatable bonds is 4. The molecule has 0 aliphatic carbocycles. The van der Waals surface area contributed by atoms with Crippen LogP contribution in [0.5, 0.6) is 5.75 Å². The topological polar surface area (TPSA) is 55.8 Å². The number of methoxy groups -OCH3 is 2. The Morgan fingerprint density at radius 3 is 2.52 bits per heavy atom. The zero-order valence-electron chi connectivity index (χ0n) is 15.2. The van der Waals surface area contributed by atoms with E-state index in [2.05, 4.69) is 0 Å². The second-order valence-corrected chi connectivity index (χ2v) is 6.34. The highest BCUT2D eigenvalue weighted by Crippen LogP contribution is 2.36. The van der Waals surface area contributed by atoms with Crippen LogP contribution in [0.25, 0.3) is 6.08 Å². The molecule has 0 N–H and O–H groups in total. The summed E-state index contributed by atoms with van der Waals surface area (Å²) in [5.74, 6) is -0.237. The van der Waals surface area contributed by atoms with Crippen molar-refractivity contribution in [3.05, 3.63) is 76.0 Å². The highest BCUT2D eigenvalue weighted by atomic mass is 35.5. The molecule has 0 fully saturated rings. The summed E-state index contributed by atoms with van der Waals surface area (Å²) in [6.45, 7) is 1.71. The smallest absolute Gasteiger partial charge is 0.340 e. The summed E-state index contributed by atoms with van der Waals surface area (Å²) in [6, 6.07) is 14.1. The first-order chi connectivity index (χ1) is 13.0. The molecule has 2 aromatic rings. The van der Waals surface area contributed by atoms with Gasteiger partial charge in [-0.1, -0.05) is 29.8 Å². The van der Waals surface area contributed by atoms with Crippen molar-refractivity contribution >= 4 is 35.2 Å². The summed E-state index contributed by atoms with van der Waals surface area (Å²) < 4.78 is 10.1. The number of anilines is 1. The Hall–Kier alpha value is -3.05. The van der Waals surface area contributed by atoms with Gasteiger partial charge in [0.1, 0.15) is 5.75 Å². The summed E-state index contributed by atoms with van der Waals surface area (Å²) >= 11 is 6.07. The molecule has 0 aromatic heterocycles. The van der Waals surface area contributed by atoms with Gasteiger partial charge in [-0.15, -0.1) is 0 Å². The molecule has 0 saturated heterocycles. The van der Waals surface area contributed by atoms with Crippen LogP contribution in [0.2, 0.25) is 5.02 Å². The lowest BCUT2D eigenvalue weighted by molar-refractivity contribution is -0.136. The Bertz CT molecular complexity index is 978. The molecule has 0 bridgehead atoms. The minimum Gasteiger partial charge on any atom is -0.497 e. The van der Waals surface area contributed by atoms with Crippen molar-refractivity contribution in [2.45, 2.75) is 6.92 Å². The zero-order valence-corrected chi connectivity index (χ0v) is 15.9. The van der Waals surface area contributed by atoms with Gasteiger partial charge in [-0.25, -0.2) is 4.79 Å². The van der Waals surface area contributed by atoms with Crippen molar-refractivity contribution in [2.75, 3.05) is 19.1 Å². The van der Waals surface area contributed by atoms with E-state index in [1.54, 1.807) is 56.5 Å². The van der Waals surface area contributed by atoms with Crippen LogP contribution in [0.1, 0.15) is 12.5 Å². The van der Waals surface area contributed by atoms with Crippen LogP contribution < -0.4 is 9.64 Å². The summed E-state index contributed by atoms with van der Waals surface area (Å²) in [7, 11) is 2.86. The van der Waals surface area contributed by atoms with E-state index >= 15 is 0 Å². The van der Waals surface area contributed by atoms with Crippen molar-refractivity contribution in [3.8, 4) is 5.75 Å². The van der Waals surface area contributed by atoms with E-state index in [1.165, 1.54) is 12.0 Å². The third kappa shape index (κ3) is 3.59. The average Bonchev–Trinajstić information content (AvgIpc) is 2.91. The van der Waals surface area contributed by atoms with Gasteiger partial charge in [-0.2, -0.15) is 0 Å². The molecule has 1 heterocycles. The van der Waals surface area contributed by atoms with Gasteiger partial charge in [0.05, 0.1) is 31.1 Å². The second-order valence-electron chi connectivity index (χ2n) is 5.91. The Balaban J connectivity index is 2.14. The first kappa shape index (κ1) is 18.7. The first-order valence-electron chi connectivity index (χ1n) is 8.21. The molecule has 2 aromatic carbocycles. The summed E-state index contributed by atoms with van der Waals surface area (Å²) in [4.78, 5) is 27.0. The van der Waals surface area contributed by atoms with Crippen LogP contribution in [-0.2, 0) is 14.3 Å². The largest absolute Gasteiger partial charge is 0.497 e. The molecule has 0 unspecified atom stereocenters. The minimum atomic E-state index is -0.570. The third-order valence-corrected chi connectivity index (χ3v) is 4.50. The molecule has 1 amide bonds. The second kappa shape index (κ2) is 7.68. The molecule has 138 valence electrons. The highest BCUT2D eigenvalue weighted by molar-refractivity contribution is 6.31. The predicted octanol–water partition coefficient (Wildman–Crippen LogP) is 4.23. The molecule has 27 heavy (non-hydrogen) atoms. The van der Waals surface area contributed by atoms with Crippen LogP contribution in [-0.4, -0.2) is 26.1 Å². The van der Waals surface area contributed by atoms with Gasteiger partial charge >= 0.3 is 5.97 Å². The Labute approximate surface area is 162 Å². The molecular formula is C21H18ClNO4. The fourth-order valence-corrected chi connectivity index (χ4v) is 3.19. The van der Waals surface area contributed by atoms with Gasteiger partial charge in [-0.3, -0.25) is 9.69 Å². The van der Waals surface area contributed by atoms with Crippen LogP contribution in [0.3, 0.4) is 0 Å². The van der Waals surface area contributed by atoms with Gasteiger partial charge in [0.15, 0.2) is 0 Å². The van der Waals surface area contributed by atoms with Gasteiger partial charge in [0.2, 0.25) is 0 Å². The number of amides is 1. The number of halogens is 1. The number of carbonyl (C=O) groups excluding carboxylic acids is 2. The van der Waals surface area contributed by atoms with Crippen molar-refractivity contribution < 1.29 is 19.1 Å². The summed E-state index contributed by atoms with van der Waals surface area (Å²) in [5, 5.41) is 0.498. The number of hydrogen-bond donors (Lipinski definition) is 0. The molecule has 3 rings (SSSR count). The van der Waals surface area contributed by atoms with Gasteiger partial charge in [-0.05, 0) is 48.9 Å². The molecule has 5 nitrogen and oxygen atoms in total. The number of esters is 1. The van der Waals surface area contributed by atoms with Gasteiger partial charge in [0, 0.05) is 10.7 Å². The number of carbonyl (C=O) groups is 2. The molecule has 1 aliphatic heterocycles. The van der Waals surface area contributed by atoms with E-state index < -0.39 is 5.97 Å². The molecule has 0 radical (unpaired) electrons. The van der Waals surface area contributed by atoms with E-state index in [-0.39, 0.29) is 17.1 Å². The fourth-order valence-electron chi connectivity index (χ4n) is 3.00. The number of allylic oxidation sites excluding steroid dienone is 1. The zero-order chi connectivity index (χ0) is 19.6. The van der Waals surface area contributed by atoms with Crippen LogP contribution in [0.15, 0.2) is 65.4 Å².